The van der Waals surface area contributed by atoms with E-state index >= 15 is 0 Å². The lowest BCUT2D eigenvalue weighted by Crippen LogP contribution is -2.37. The Morgan fingerprint density at radius 2 is 0.921 bits per heavy atom. The van der Waals surface area contributed by atoms with Crippen molar-refractivity contribution in [3.8, 4) is 0 Å². The maximum Gasteiger partial charge on any atom is 0.472 e. The van der Waals surface area contributed by atoms with E-state index in [1.807, 2.05) is 21.1 Å². The van der Waals surface area contributed by atoms with Crippen LogP contribution in [0.1, 0.15) is 232 Å². The Balaban J connectivity index is 4.13. The van der Waals surface area contributed by atoms with Crippen LogP contribution in [0.25, 0.3) is 0 Å². The smallest absolute Gasteiger partial charge is 0.457 e. The molecule has 0 aromatic heterocycles. The van der Waals surface area contributed by atoms with Gasteiger partial charge in [-0.05, 0) is 51.4 Å². The Bertz CT molecular complexity index is 1150. The van der Waals surface area contributed by atoms with Gasteiger partial charge in [0.2, 0.25) is 0 Å². The standard InChI is InChI=1S/C54H102NO7P/c1-6-8-10-12-14-16-18-20-22-24-26-28-29-31-33-35-37-39-41-43-45-47-54(56)62-53(52-61-63(57,58)60-50-48-55(3,4)5)51-59-49-46-44-42-40-38-36-34-32-30-27-25-23-21-19-17-15-13-11-9-7-2/h8,10,14,16,20,22,26,28,53H,6-7,9,11-13,15,17-19,21,23-25,27,29-52H2,1-5H3/p+1/b10-8-,16-14-,22-20-,28-26-. The molecule has 2 atom stereocenters. The van der Waals surface area contributed by atoms with Crippen molar-refractivity contribution < 1.29 is 37.3 Å². The van der Waals surface area contributed by atoms with Gasteiger partial charge in [-0.25, -0.2) is 4.57 Å². The number of nitrogens with zero attached hydrogens (tertiary/aromatic N) is 1. The molecule has 0 aromatic rings. The van der Waals surface area contributed by atoms with Crippen molar-refractivity contribution in [1.82, 2.24) is 0 Å². The molecule has 9 heteroatoms. The second-order valence-corrected chi connectivity index (χ2v) is 20.3. The first-order valence-electron chi connectivity index (χ1n) is 26.4. The number of carbonyl (C=O) groups excluding carboxylic acids is 1. The molecule has 0 rings (SSSR count). The van der Waals surface area contributed by atoms with E-state index in [1.54, 1.807) is 0 Å². The Morgan fingerprint density at radius 3 is 1.38 bits per heavy atom. The van der Waals surface area contributed by atoms with Gasteiger partial charge in [-0.15, -0.1) is 0 Å². The summed E-state index contributed by atoms with van der Waals surface area (Å²) in [4.78, 5) is 23.0. The lowest BCUT2D eigenvalue weighted by atomic mass is 10.0. The van der Waals surface area contributed by atoms with Crippen LogP contribution < -0.4 is 0 Å². The van der Waals surface area contributed by atoms with Crippen molar-refractivity contribution in [2.45, 2.75) is 238 Å². The fraction of sp³-hybridized carbons (Fsp3) is 0.833. The zero-order valence-electron chi connectivity index (χ0n) is 42.1. The van der Waals surface area contributed by atoms with Gasteiger partial charge in [0, 0.05) is 13.0 Å². The highest BCUT2D eigenvalue weighted by Crippen LogP contribution is 2.43. The largest absolute Gasteiger partial charge is 0.472 e. The third-order valence-electron chi connectivity index (χ3n) is 11.4. The van der Waals surface area contributed by atoms with Gasteiger partial charge in [0.15, 0.2) is 0 Å². The van der Waals surface area contributed by atoms with Crippen molar-refractivity contribution >= 4 is 13.8 Å². The monoisotopic (exact) mass is 909 g/mol. The van der Waals surface area contributed by atoms with Crippen LogP contribution in [0.3, 0.4) is 0 Å². The highest BCUT2D eigenvalue weighted by molar-refractivity contribution is 7.47. The molecule has 0 aliphatic rings. The summed E-state index contributed by atoms with van der Waals surface area (Å²) >= 11 is 0. The van der Waals surface area contributed by atoms with Crippen molar-refractivity contribution in [3.63, 3.8) is 0 Å². The van der Waals surface area contributed by atoms with Crippen molar-refractivity contribution in [3.05, 3.63) is 48.6 Å². The SMILES string of the molecule is CC/C=C\C/C=C\C/C=C\C/C=C\CCCCCCCCCCC(=O)OC(COCCCCCCCCCCCCCCCCCCCCCC)COP(=O)(O)OCC[N+](C)(C)C. The number of quaternary nitrogens is 1. The third-order valence-corrected chi connectivity index (χ3v) is 12.4. The summed E-state index contributed by atoms with van der Waals surface area (Å²) in [5.41, 5.74) is 0. The van der Waals surface area contributed by atoms with Gasteiger partial charge in [0.25, 0.3) is 0 Å². The molecular formula is C54H103NO7P+. The Hall–Kier alpha value is -1.54. The van der Waals surface area contributed by atoms with Crippen LogP contribution in [0.4, 0.5) is 0 Å². The van der Waals surface area contributed by atoms with E-state index < -0.39 is 13.9 Å². The van der Waals surface area contributed by atoms with Gasteiger partial charge in [0.1, 0.15) is 19.3 Å². The van der Waals surface area contributed by atoms with Crippen LogP contribution in [-0.2, 0) is 27.9 Å². The normalized spacial score (nSPS) is 13.9. The molecule has 0 saturated heterocycles. The summed E-state index contributed by atoms with van der Waals surface area (Å²) in [5.74, 6) is -0.319. The lowest BCUT2D eigenvalue weighted by molar-refractivity contribution is -0.870. The van der Waals surface area contributed by atoms with Gasteiger partial charge in [-0.1, -0.05) is 223 Å². The van der Waals surface area contributed by atoms with Crippen LogP contribution in [-0.4, -0.2) is 75.6 Å². The molecule has 0 spiro atoms. The van der Waals surface area contributed by atoms with Crippen molar-refractivity contribution in [2.24, 2.45) is 0 Å². The number of phosphoric acid groups is 1. The average molecular weight is 909 g/mol. The number of allylic oxidation sites excluding steroid dienone is 8. The molecule has 1 N–H and O–H groups in total. The highest BCUT2D eigenvalue weighted by Gasteiger charge is 2.26. The van der Waals surface area contributed by atoms with Crippen LogP contribution in [0, 0.1) is 0 Å². The van der Waals surface area contributed by atoms with Gasteiger partial charge < -0.3 is 18.9 Å². The highest BCUT2D eigenvalue weighted by atomic mass is 31.2. The molecule has 0 saturated carbocycles. The predicted molar refractivity (Wildman–Crippen MR) is 270 cm³/mol. The minimum Gasteiger partial charge on any atom is -0.457 e. The minimum atomic E-state index is -4.28. The Kier molecular flexibility index (Phi) is 45.8. The lowest BCUT2D eigenvalue weighted by Gasteiger charge is -2.24. The predicted octanol–water partition coefficient (Wildman–Crippen LogP) is 16.3. The van der Waals surface area contributed by atoms with E-state index in [1.165, 1.54) is 148 Å². The van der Waals surface area contributed by atoms with Gasteiger partial charge in [-0.3, -0.25) is 13.8 Å². The molecule has 2 unspecified atom stereocenters. The summed E-state index contributed by atoms with van der Waals surface area (Å²) in [6, 6.07) is 0. The number of likely N-dealkylation sites (N-methyl/N-ethyl adjacent to an activating group) is 1. The Labute approximate surface area is 390 Å². The van der Waals surface area contributed by atoms with Gasteiger partial charge in [-0.2, -0.15) is 0 Å². The molecule has 0 radical (unpaired) electrons. The van der Waals surface area contributed by atoms with Crippen LogP contribution in [0.2, 0.25) is 0 Å². The first kappa shape index (κ1) is 61.5. The number of esters is 1. The summed E-state index contributed by atoms with van der Waals surface area (Å²) in [6.45, 7) is 5.54. The number of hydrogen-bond acceptors (Lipinski definition) is 6. The molecule has 0 fully saturated rings. The van der Waals surface area contributed by atoms with E-state index in [-0.39, 0.29) is 25.8 Å². The molecule has 370 valence electrons. The summed E-state index contributed by atoms with van der Waals surface area (Å²) in [5, 5.41) is 0. The third kappa shape index (κ3) is 51.3. The first-order chi connectivity index (χ1) is 30.6. The van der Waals surface area contributed by atoms with Crippen LogP contribution in [0.5, 0.6) is 0 Å². The fourth-order valence-corrected chi connectivity index (χ4v) is 8.11. The van der Waals surface area contributed by atoms with Gasteiger partial charge in [0.05, 0.1) is 34.4 Å². The van der Waals surface area contributed by atoms with Crippen LogP contribution >= 0.6 is 7.82 Å². The zero-order chi connectivity index (χ0) is 46.2. The second-order valence-electron chi connectivity index (χ2n) is 18.9. The van der Waals surface area contributed by atoms with E-state index in [0.29, 0.717) is 24.1 Å². The number of phosphoric ester groups is 1. The quantitative estimate of drug-likeness (QED) is 0.0214. The first-order valence-corrected chi connectivity index (χ1v) is 27.9. The minimum absolute atomic E-state index is 0.0870. The molecule has 63 heavy (non-hydrogen) atoms. The number of unbranched alkanes of at least 4 members (excludes halogenated alkanes) is 27. The Morgan fingerprint density at radius 1 is 0.508 bits per heavy atom. The molecule has 0 bridgehead atoms. The van der Waals surface area contributed by atoms with E-state index in [0.717, 1.165) is 64.2 Å². The molecule has 0 aliphatic heterocycles. The summed E-state index contributed by atoms with van der Waals surface area (Å²) in [7, 11) is 1.67. The molecule has 0 amide bonds. The van der Waals surface area contributed by atoms with Crippen LogP contribution in [0.15, 0.2) is 48.6 Å². The van der Waals surface area contributed by atoms with Crippen molar-refractivity contribution in [1.29, 1.82) is 0 Å². The molecule has 0 heterocycles. The molecule has 0 aliphatic carbocycles. The molecule has 0 aromatic carbocycles. The topological polar surface area (TPSA) is 91.3 Å². The number of carbonyl (C=O) groups is 1. The molecule has 8 nitrogen and oxygen atoms in total. The van der Waals surface area contributed by atoms with E-state index in [2.05, 4.69) is 62.5 Å². The summed E-state index contributed by atoms with van der Waals surface area (Å²) in [6.07, 6.45) is 58.7. The van der Waals surface area contributed by atoms with Gasteiger partial charge >= 0.3 is 13.8 Å². The number of rotatable bonds is 49. The maximum absolute atomic E-state index is 12.8. The van der Waals surface area contributed by atoms with Crippen molar-refractivity contribution in [2.75, 3.05) is 54.1 Å². The van der Waals surface area contributed by atoms with E-state index in [4.69, 9.17) is 18.5 Å². The fourth-order valence-electron chi connectivity index (χ4n) is 7.37. The zero-order valence-corrected chi connectivity index (χ0v) is 43.0. The number of hydrogen-bond donors (Lipinski definition) is 1. The average Bonchev–Trinajstić information content (AvgIpc) is 3.24. The summed E-state index contributed by atoms with van der Waals surface area (Å²) < 4.78 is 35.2. The van der Waals surface area contributed by atoms with E-state index in [9.17, 15) is 14.3 Å². The maximum atomic E-state index is 12.8. The second kappa shape index (κ2) is 47.0. The molecular weight excluding hydrogens is 806 g/mol. The number of ether oxygens (including phenoxy) is 2.